The summed E-state index contributed by atoms with van der Waals surface area (Å²) >= 11 is 0. The van der Waals surface area contributed by atoms with Gasteiger partial charge in [0.1, 0.15) is 0 Å². The lowest BCUT2D eigenvalue weighted by atomic mass is 10.2. The minimum absolute atomic E-state index is 0.176. The highest BCUT2D eigenvalue weighted by Gasteiger charge is 2.01. The van der Waals surface area contributed by atoms with Gasteiger partial charge in [0.2, 0.25) is 0 Å². The van der Waals surface area contributed by atoms with E-state index in [9.17, 15) is 4.79 Å². The Bertz CT molecular complexity index is 272. The van der Waals surface area contributed by atoms with Gasteiger partial charge in [0.25, 0.3) is 5.91 Å². The average molecular weight is 151 g/mol. The molecule has 58 valence electrons. The molecule has 0 aromatic carbocycles. The van der Waals surface area contributed by atoms with Gasteiger partial charge < -0.3 is 11.1 Å². The molecule has 3 N–H and O–H groups in total. The van der Waals surface area contributed by atoms with Crippen LogP contribution in [-0.4, -0.2) is 17.9 Å². The predicted octanol–water partition coefficient (Wildman–Crippen LogP) is 0.0234. The van der Waals surface area contributed by atoms with Gasteiger partial charge in [0.15, 0.2) is 0 Å². The van der Waals surface area contributed by atoms with Crippen LogP contribution in [0.2, 0.25) is 0 Å². The zero-order chi connectivity index (χ0) is 8.27. The second-order valence-electron chi connectivity index (χ2n) is 2.09. The molecule has 1 aromatic rings. The van der Waals surface area contributed by atoms with Crippen LogP contribution in [0.4, 0.5) is 5.69 Å². The average Bonchev–Trinajstić information content (AvgIpc) is 2.03. The first-order chi connectivity index (χ1) is 5.24. The SMILES string of the molecule is CNC(=O)c1cncc(N)c1. The normalized spacial score (nSPS) is 9.18. The lowest BCUT2D eigenvalue weighted by Gasteiger charge is -1.98. The molecule has 0 aliphatic carbocycles. The molecule has 11 heavy (non-hydrogen) atoms. The molecular weight excluding hydrogens is 142 g/mol. The third-order valence-corrected chi connectivity index (χ3v) is 1.25. The maximum Gasteiger partial charge on any atom is 0.252 e. The van der Waals surface area contributed by atoms with Crippen molar-refractivity contribution in [3.8, 4) is 0 Å². The van der Waals surface area contributed by atoms with Crippen LogP contribution in [0.15, 0.2) is 18.5 Å². The number of hydrogen-bond acceptors (Lipinski definition) is 3. The maximum atomic E-state index is 11.0. The van der Waals surface area contributed by atoms with Gasteiger partial charge in [-0.1, -0.05) is 0 Å². The van der Waals surface area contributed by atoms with E-state index in [1.807, 2.05) is 0 Å². The summed E-state index contributed by atoms with van der Waals surface area (Å²) in [6.45, 7) is 0. The van der Waals surface area contributed by atoms with Gasteiger partial charge in [0.05, 0.1) is 11.3 Å². The Morgan fingerprint density at radius 3 is 2.91 bits per heavy atom. The minimum atomic E-state index is -0.176. The molecule has 4 nitrogen and oxygen atoms in total. The monoisotopic (exact) mass is 151 g/mol. The maximum absolute atomic E-state index is 11.0. The quantitative estimate of drug-likeness (QED) is 0.594. The van der Waals surface area contributed by atoms with E-state index in [1.165, 1.54) is 12.4 Å². The second kappa shape index (κ2) is 3.01. The van der Waals surface area contributed by atoms with Crippen LogP contribution >= 0.6 is 0 Å². The highest BCUT2D eigenvalue weighted by molar-refractivity contribution is 5.94. The number of hydrogen-bond donors (Lipinski definition) is 2. The minimum Gasteiger partial charge on any atom is -0.397 e. The summed E-state index contributed by atoms with van der Waals surface area (Å²) in [4.78, 5) is 14.7. The van der Waals surface area contributed by atoms with Crippen LogP contribution in [0.25, 0.3) is 0 Å². The molecular formula is C7H9N3O. The lowest BCUT2D eigenvalue weighted by Crippen LogP contribution is -2.18. The van der Waals surface area contributed by atoms with E-state index in [0.29, 0.717) is 11.3 Å². The zero-order valence-electron chi connectivity index (χ0n) is 6.16. The van der Waals surface area contributed by atoms with Crippen molar-refractivity contribution < 1.29 is 4.79 Å². The van der Waals surface area contributed by atoms with Crippen LogP contribution in [0.5, 0.6) is 0 Å². The highest BCUT2D eigenvalue weighted by Crippen LogP contribution is 2.02. The Morgan fingerprint density at radius 2 is 2.36 bits per heavy atom. The summed E-state index contributed by atoms with van der Waals surface area (Å²) < 4.78 is 0. The molecule has 0 saturated carbocycles. The van der Waals surface area contributed by atoms with Crippen LogP contribution in [0, 0.1) is 0 Å². The van der Waals surface area contributed by atoms with E-state index >= 15 is 0 Å². The number of rotatable bonds is 1. The van der Waals surface area contributed by atoms with Crippen molar-refractivity contribution in [2.45, 2.75) is 0 Å². The first-order valence-corrected chi connectivity index (χ1v) is 3.16. The molecule has 1 rings (SSSR count). The van der Waals surface area contributed by atoms with E-state index in [2.05, 4.69) is 10.3 Å². The molecule has 0 radical (unpaired) electrons. The first-order valence-electron chi connectivity index (χ1n) is 3.16. The van der Waals surface area contributed by atoms with Crippen molar-refractivity contribution in [3.63, 3.8) is 0 Å². The number of anilines is 1. The summed E-state index contributed by atoms with van der Waals surface area (Å²) in [5, 5.41) is 2.47. The number of carbonyl (C=O) groups excluding carboxylic acids is 1. The van der Waals surface area contributed by atoms with Crippen molar-refractivity contribution in [3.05, 3.63) is 24.0 Å². The van der Waals surface area contributed by atoms with Gasteiger partial charge in [0, 0.05) is 19.4 Å². The summed E-state index contributed by atoms with van der Waals surface area (Å²) in [5.74, 6) is -0.176. The van der Waals surface area contributed by atoms with E-state index in [4.69, 9.17) is 5.73 Å². The topological polar surface area (TPSA) is 68.0 Å². The van der Waals surface area contributed by atoms with Gasteiger partial charge in [-0.3, -0.25) is 9.78 Å². The van der Waals surface area contributed by atoms with Gasteiger partial charge in [-0.25, -0.2) is 0 Å². The summed E-state index contributed by atoms with van der Waals surface area (Å²) in [7, 11) is 1.56. The van der Waals surface area contributed by atoms with Crippen molar-refractivity contribution in [1.82, 2.24) is 10.3 Å². The molecule has 0 aliphatic heterocycles. The Balaban J connectivity index is 2.96. The van der Waals surface area contributed by atoms with Gasteiger partial charge >= 0.3 is 0 Å². The van der Waals surface area contributed by atoms with Crippen LogP contribution in [0.3, 0.4) is 0 Å². The Morgan fingerprint density at radius 1 is 1.64 bits per heavy atom. The van der Waals surface area contributed by atoms with Gasteiger partial charge in [-0.05, 0) is 6.07 Å². The van der Waals surface area contributed by atoms with E-state index < -0.39 is 0 Å². The molecule has 0 spiro atoms. The third-order valence-electron chi connectivity index (χ3n) is 1.25. The van der Waals surface area contributed by atoms with E-state index in [1.54, 1.807) is 13.1 Å². The van der Waals surface area contributed by atoms with Crippen LogP contribution < -0.4 is 11.1 Å². The van der Waals surface area contributed by atoms with E-state index in [-0.39, 0.29) is 5.91 Å². The number of nitrogens with one attached hydrogen (secondary N) is 1. The molecule has 0 bridgehead atoms. The standard InChI is InChI=1S/C7H9N3O/c1-9-7(11)5-2-6(8)4-10-3-5/h2-4H,8H2,1H3,(H,9,11). The number of carbonyl (C=O) groups is 1. The molecule has 0 aliphatic rings. The van der Waals surface area contributed by atoms with Crippen molar-refractivity contribution in [2.24, 2.45) is 0 Å². The van der Waals surface area contributed by atoms with Crippen molar-refractivity contribution in [1.29, 1.82) is 0 Å². The summed E-state index contributed by atoms with van der Waals surface area (Å²) in [6.07, 6.45) is 2.96. The third kappa shape index (κ3) is 1.67. The predicted molar refractivity (Wildman–Crippen MR) is 42.0 cm³/mol. The zero-order valence-corrected chi connectivity index (χ0v) is 6.16. The van der Waals surface area contributed by atoms with Gasteiger partial charge in [-0.2, -0.15) is 0 Å². The number of nitrogens with zero attached hydrogens (tertiary/aromatic N) is 1. The summed E-state index contributed by atoms with van der Waals surface area (Å²) in [5.41, 5.74) is 6.38. The fourth-order valence-corrected chi connectivity index (χ4v) is 0.726. The molecule has 0 unspecified atom stereocenters. The fraction of sp³-hybridized carbons (Fsp3) is 0.143. The van der Waals surface area contributed by atoms with Gasteiger partial charge in [-0.15, -0.1) is 0 Å². The van der Waals surface area contributed by atoms with Crippen molar-refractivity contribution >= 4 is 11.6 Å². The Kier molecular flexibility index (Phi) is 2.06. The molecule has 1 heterocycles. The molecule has 0 fully saturated rings. The number of nitrogens with two attached hydrogens (primary N) is 1. The highest BCUT2D eigenvalue weighted by atomic mass is 16.1. The molecule has 4 heteroatoms. The van der Waals surface area contributed by atoms with Crippen molar-refractivity contribution in [2.75, 3.05) is 12.8 Å². The number of amides is 1. The van der Waals surface area contributed by atoms with E-state index in [0.717, 1.165) is 0 Å². The smallest absolute Gasteiger partial charge is 0.252 e. The molecule has 0 atom stereocenters. The van der Waals surface area contributed by atoms with Crippen LogP contribution in [0.1, 0.15) is 10.4 Å². The van der Waals surface area contributed by atoms with Crippen LogP contribution in [-0.2, 0) is 0 Å². The largest absolute Gasteiger partial charge is 0.397 e. The summed E-state index contributed by atoms with van der Waals surface area (Å²) in [6, 6.07) is 1.58. The number of pyridine rings is 1. The number of aromatic nitrogens is 1. The first kappa shape index (κ1) is 7.53. The molecule has 1 amide bonds. The number of nitrogen functional groups attached to an aromatic ring is 1. The lowest BCUT2D eigenvalue weighted by molar-refractivity contribution is 0.0963. The fourth-order valence-electron chi connectivity index (χ4n) is 0.726. The molecule has 0 saturated heterocycles. The second-order valence-corrected chi connectivity index (χ2v) is 2.09. The molecule has 1 aromatic heterocycles. The Labute approximate surface area is 64.4 Å². The Hall–Kier alpha value is -1.58.